The van der Waals surface area contributed by atoms with Crippen LogP contribution in [0.25, 0.3) is 22.9 Å². The molecule has 1 unspecified atom stereocenters. The van der Waals surface area contributed by atoms with Gasteiger partial charge in [-0.15, -0.1) is 10.2 Å². The van der Waals surface area contributed by atoms with Gasteiger partial charge in [-0.05, 0) is 62.4 Å². The van der Waals surface area contributed by atoms with E-state index in [1.54, 1.807) is 12.1 Å². The molecule has 8 nitrogen and oxygen atoms in total. The third-order valence-electron chi connectivity index (χ3n) is 6.12. The summed E-state index contributed by atoms with van der Waals surface area (Å²) in [6.45, 7) is 7.32. The molecule has 8 heteroatoms. The second kappa shape index (κ2) is 10.2. The van der Waals surface area contributed by atoms with Crippen molar-refractivity contribution in [1.29, 1.82) is 0 Å². The van der Waals surface area contributed by atoms with Crippen molar-refractivity contribution in [3.05, 3.63) is 83.3 Å². The molecule has 0 spiro atoms. The summed E-state index contributed by atoms with van der Waals surface area (Å²) < 4.78 is 17.2. The Morgan fingerprint density at radius 1 is 0.943 bits per heavy atom. The molecule has 35 heavy (non-hydrogen) atoms. The predicted molar refractivity (Wildman–Crippen MR) is 131 cm³/mol. The van der Waals surface area contributed by atoms with Crippen molar-refractivity contribution in [2.45, 2.75) is 19.9 Å². The number of nitrogens with zero attached hydrogens (tertiary/aromatic N) is 3. The molecular weight excluding hydrogens is 444 g/mol. The van der Waals surface area contributed by atoms with Crippen LogP contribution in [0.4, 0.5) is 0 Å². The fourth-order valence-electron chi connectivity index (χ4n) is 4.22. The van der Waals surface area contributed by atoms with Crippen molar-refractivity contribution in [3.8, 4) is 22.9 Å². The average molecular weight is 473 g/mol. The van der Waals surface area contributed by atoms with Gasteiger partial charge in [0.1, 0.15) is 11.5 Å². The molecule has 1 amide bonds. The summed E-state index contributed by atoms with van der Waals surface area (Å²) in [6, 6.07) is 19.0. The van der Waals surface area contributed by atoms with E-state index >= 15 is 0 Å². The minimum absolute atomic E-state index is 0.0470. The molecule has 2 aromatic heterocycles. The Hall–Kier alpha value is -3.75. The molecule has 0 aliphatic carbocycles. The van der Waals surface area contributed by atoms with Crippen molar-refractivity contribution in [3.63, 3.8) is 0 Å². The van der Waals surface area contributed by atoms with E-state index in [1.165, 1.54) is 0 Å². The van der Waals surface area contributed by atoms with Crippen molar-refractivity contribution in [1.82, 2.24) is 20.4 Å². The van der Waals surface area contributed by atoms with Gasteiger partial charge in [0.25, 0.3) is 5.91 Å². The number of hydrogen-bond acceptors (Lipinski definition) is 7. The van der Waals surface area contributed by atoms with E-state index in [-0.39, 0.29) is 11.9 Å². The zero-order chi connectivity index (χ0) is 24.2. The third-order valence-corrected chi connectivity index (χ3v) is 6.12. The van der Waals surface area contributed by atoms with Gasteiger partial charge in [0.15, 0.2) is 0 Å². The highest BCUT2D eigenvalue weighted by molar-refractivity contribution is 5.94. The highest BCUT2D eigenvalue weighted by atomic mass is 16.5. The van der Waals surface area contributed by atoms with Crippen LogP contribution >= 0.6 is 0 Å². The van der Waals surface area contributed by atoms with E-state index in [0.29, 0.717) is 37.1 Å². The van der Waals surface area contributed by atoms with Crippen LogP contribution in [0.3, 0.4) is 0 Å². The maximum atomic E-state index is 12.9. The van der Waals surface area contributed by atoms with Gasteiger partial charge in [-0.3, -0.25) is 9.69 Å². The number of nitrogens with one attached hydrogen (secondary N) is 1. The molecule has 180 valence electrons. The topological polar surface area (TPSA) is 93.6 Å². The highest BCUT2D eigenvalue weighted by Gasteiger charge is 2.26. The molecule has 1 atom stereocenters. The zero-order valence-corrected chi connectivity index (χ0v) is 19.9. The van der Waals surface area contributed by atoms with E-state index in [1.807, 2.05) is 62.4 Å². The first kappa shape index (κ1) is 23.0. The lowest BCUT2D eigenvalue weighted by Crippen LogP contribution is -2.43. The lowest BCUT2D eigenvalue weighted by molar-refractivity contribution is 0.0117. The Morgan fingerprint density at radius 2 is 1.69 bits per heavy atom. The fourth-order valence-corrected chi connectivity index (χ4v) is 4.22. The minimum atomic E-state index is -0.149. The summed E-state index contributed by atoms with van der Waals surface area (Å²) in [7, 11) is 0. The van der Waals surface area contributed by atoms with Gasteiger partial charge in [0, 0.05) is 36.3 Å². The number of aryl methyl sites for hydroxylation is 2. The van der Waals surface area contributed by atoms with Crippen LogP contribution in [0.1, 0.15) is 33.5 Å². The van der Waals surface area contributed by atoms with Gasteiger partial charge in [-0.1, -0.05) is 17.7 Å². The first-order valence-electron chi connectivity index (χ1n) is 11.7. The van der Waals surface area contributed by atoms with Crippen LogP contribution in [0.2, 0.25) is 0 Å². The number of hydrogen-bond donors (Lipinski definition) is 1. The van der Waals surface area contributed by atoms with Crippen LogP contribution in [0, 0.1) is 13.8 Å². The van der Waals surface area contributed by atoms with Gasteiger partial charge < -0.3 is 18.9 Å². The molecule has 0 saturated carbocycles. The first-order chi connectivity index (χ1) is 17.1. The smallest absolute Gasteiger partial charge is 0.251 e. The number of benzene rings is 2. The molecule has 5 rings (SSSR count). The van der Waals surface area contributed by atoms with Gasteiger partial charge in [-0.25, -0.2) is 0 Å². The van der Waals surface area contributed by atoms with Crippen molar-refractivity contribution in [2.24, 2.45) is 0 Å². The number of morpholine rings is 1. The Balaban J connectivity index is 1.25. The molecule has 3 heterocycles. The SMILES string of the molecule is Cc1cccc(-c2nnc(-c3ccc(C(=O)NCC(c4ccc(C)o4)N4CCOCC4)cc3)o2)c1. The standard InChI is InChI=1S/C27H28N4O4/c1-18-4-3-5-22(16-18)27-30-29-26(35-27)21-9-7-20(8-10-21)25(32)28-17-23(24-11-6-19(2)34-24)31-12-14-33-15-13-31/h3-11,16,23H,12-15,17H2,1-2H3,(H,28,32). The average Bonchev–Trinajstić information content (AvgIpc) is 3.55. The van der Waals surface area contributed by atoms with Gasteiger partial charge in [0.05, 0.1) is 19.3 Å². The van der Waals surface area contributed by atoms with E-state index in [2.05, 4.69) is 20.4 Å². The van der Waals surface area contributed by atoms with Crippen molar-refractivity contribution >= 4 is 5.91 Å². The summed E-state index contributed by atoms with van der Waals surface area (Å²) in [5.74, 6) is 2.43. The molecule has 0 radical (unpaired) electrons. The fraction of sp³-hybridized carbons (Fsp3) is 0.296. The summed E-state index contributed by atoms with van der Waals surface area (Å²) >= 11 is 0. The van der Waals surface area contributed by atoms with Crippen LogP contribution in [0.5, 0.6) is 0 Å². The summed E-state index contributed by atoms with van der Waals surface area (Å²) in [5, 5.41) is 11.4. The number of rotatable bonds is 7. The second-order valence-corrected chi connectivity index (χ2v) is 8.68. The molecule has 2 aromatic carbocycles. The molecule has 4 aromatic rings. The van der Waals surface area contributed by atoms with E-state index in [0.717, 1.165) is 41.3 Å². The third kappa shape index (κ3) is 5.34. The summed E-state index contributed by atoms with van der Waals surface area (Å²) in [4.78, 5) is 15.2. The minimum Gasteiger partial charge on any atom is -0.465 e. The lowest BCUT2D eigenvalue weighted by atomic mass is 10.1. The molecule has 0 bridgehead atoms. The van der Waals surface area contributed by atoms with Gasteiger partial charge in [-0.2, -0.15) is 0 Å². The number of carbonyl (C=O) groups is 1. The van der Waals surface area contributed by atoms with Gasteiger partial charge >= 0.3 is 0 Å². The molecule has 1 N–H and O–H groups in total. The van der Waals surface area contributed by atoms with E-state index in [9.17, 15) is 4.79 Å². The number of ether oxygens (including phenoxy) is 1. The van der Waals surface area contributed by atoms with Crippen LogP contribution < -0.4 is 5.32 Å². The van der Waals surface area contributed by atoms with Crippen LogP contribution in [0.15, 0.2) is 69.5 Å². The zero-order valence-electron chi connectivity index (χ0n) is 19.9. The second-order valence-electron chi connectivity index (χ2n) is 8.68. The summed E-state index contributed by atoms with van der Waals surface area (Å²) in [5.41, 5.74) is 3.31. The largest absolute Gasteiger partial charge is 0.465 e. The maximum Gasteiger partial charge on any atom is 0.251 e. The molecule has 1 aliphatic heterocycles. The Kier molecular flexibility index (Phi) is 6.74. The Labute approximate surface area is 203 Å². The predicted octanol–water partition coefficient (Wildman–Crippen LogP) is 4.42. The highest BCUT2D eigenvalue weighted by Crippen LogP contribution is 2.26. The van der Waals surface area contributed by atoms with Crippen molar-refractivity contribution in [2.75, 3.05) is 32.8 Å². The maximum absolute atomic E-state index is 12.9. The van der Waals surface area contributed by atoms with Crippen molar-refractivity contribution < 1.29 is 18.4 Å². The summed E-state index contributed by atoms with van der Waals surface area (Å²) in [6.07, 6.45) is 0. The molecular formula is C27H28N4O4. The molecule has 1 fully saturated rings. The quantitative estimate of drug-likeness (QED) is 0.426. The number of aromatic nitrogens is 2. The number of furan rings is 1. The molecule has 1 saturated heterocycles. The van der Waals surface area contributed by atoms with Crippen LogP contribution in [-0.4, -0.2) is 53.9 Å². The monoisotopic (exact) mass is 472 g/mol. The van der Waals surface area contributed by atoms with E-state index in [4.69, 9.17) is 13.6 Å². The normalized spacial score (nSPS) is 15.1. The van der Waals surface area contributed by atoms with Crippen LogP contribution in [-0.2, 0) is 4.74 Å². The number of carbonyl (C=O) groups excluding carboxylic acids is 1. The lowest BCUT2D eigenvalue weighted by Gasteiger charge is -2.33. The van der Waals surface area contributed by atoms with E-state index < -0.39 is 0 Å². The Morgan fingerprint density at radius 3 is 2.37 bits per heavy atom. The molecule has 1 aliphatic rings. The first-order valence-corrected chi connectivity index (χ1v) is 11.7. The Bertz CT molecular complexity index is 1290. The number of amides is 1. The van der Waals surface area contributed by atoms with Gasteiger partial charge in [0.2, 0.25) is 11.8 Å².